The molecule has 2 aromatic rings. The number of fused-ring (bicyclic) bond motifs is 1. The highest BCUT2D eigenvalue weighted by Gasteiger charge is 2.35. The predicted octanol–water partition coefficient (Wildman–Crippen LogP) is 3.01. The summed E-state index contributed by atoms with van der Waals surface area (Å²) < 4.78 is 0. The van der Waals surface area contributed by atoms with Crippen molar-refractivity contribution in [2.75, 3.05) is 13.1 Å². The summed E-state index contributed by atoms with van der Waals surface area (Å²) in [6.07, 6.45) is 0.959. The molecule has 0 spiro atoms. The van der Waals surface area contributed by atoms with E-state index in [1.807, 2.05) is 44.2 Å². The van der Waals surface area contributed by atoms with Crippen LogP contribution in [0.2, 0.25) is 0 Å². The second kappa shape index (κ2) is 10.7. The second-order valence-corrected chi connectivity index (χ2v) is 7.74. The molecule has 7 nitrogen and oxygen atoms in total. The Morgan fingerprint density at radius 1 is 0.938 bits per heavy atom. The third-order valence-electron chi connectivity index (χ3n) is 5.58. The molecule has 1 aliphatic rings. The first-order chi connectivity index (χ1) is 15.5. The lowest BCUT2D eigenvalue weighted by atomic mass is 10.1. The lowest BCUT2D eigenvalue weighted by Gasteiger charge is -2.30. The number of benzene rings is 2. The lowest BCUT2D eigenvalue weighted by molar-refractivity contribution is -0.141. The van der Waals surface area contributed by atoms with E-state index in [1.54, 1.807) is 29.2 Å². The van der Waals surface area contributed by atoms with Crippen LogP contribution in [0, 0.1) is 0 Å². The molecule has 1 aliphatic heterocycles. The van der Waals surface area contributed by atoms with Crippen LogP contribution in [0.25, 0.3) is 0 Å². The summed E-state index contributed by atoms with van der Waals surface area (Å²) in [4.78, 5) is 53.6. The van der Waals surface area contributed by atoms with E-state index in [0.717, 1.165) is 5.56 Å². The first-order valence-corrected chi connectivity index (χ1v) is 11.0. The second-order valence-electron chi connectivity index (χ2n) is 7.74. The number of rotatable bonds is 10. The van der Waals surface area contributed by atoms with Crippen molar-refractivity contribution in [2.45, 2.75) is 45.7 Å². The zero-order chi connectivity index (χ0) is 23.1. The molecule has 0 radical (unpaired) electrons. The molecule has 1 atom stereocenters. The fraction of sp³-hybridized carbons (Fsp3) is 0.360. The van der Waals surface area contributed by atoms with Gasteiger partial charge >= 0.3 is 0 Å². The van der Waals surface area contributed by atoms with Gasteiger partial charge in [0.25, 0.3) is 11.8 Å². The zero-order valence-corrected chi connectivity index (χ0v) is 18.5. The van der Waals surface area contributed by atoms with Gasteiger partial charge < -0.3 is 10.2 Å². The molecule has 1 heterocycles. The summed E-state index contributed by atoms with van der Waals surface area (Å²) in [7, 11) is 0. The van der Waals surface area contributed by atoms with E-state index in [1.165, 1.54) is 4.90 Å². The number of carbonyl (C=O) groups excluding carboxylic acids is 4. The SMILES string of the molecule is CCNC(=O)[C@@H](CC)N(Cc1ccccc1)C(=O)CCCN1C(=O)c2ccccc2C1=O. The first-order valence-electron chi connectivity index (χ1n) is 11.0. The summed E-state index contributed by atoms with van der Waals surface area (Å²) in [5.41, 5.74) is 1.73. The fourth-order valence-electron chi connectivity index (χ4n) is 3.97. The number of nitrogens with one attached hydrogen (secondary N) is 1. The average Bonchev–Trinajstić information content (AvgIpc) is 3.04. The molecular formula is C25H29N3O4. The number of imide groups is 1. The quantitative estimate of drug-likeness (QED) is 0.581. The van der Waals surface area contributed by atoms with Crippen molar-refractivity contribution in [3.63, 3.8) is 0 Å². The van der Waals surface area contributed by atoms with Crippen LogP contribution >= 0.6 is 0 Å². The van der Waals surface area contributed by atoms with Crippen LogP contribution in [-0.4, -0.2) is 52.6 Å². The topological polar surface area (TPSA) is 86.8 Å². The number of hydrogen-bond acceptors (Lipinski definition) is 4. The largest absolute Gasteiger partial charge is 0.355 e. The maximum Gasteiger partial charge on any atom is 0.261 e. The predicted molar refractivity (Wildman–Crippen MR) is 121 cm³/mol. The van der Waals surface area contributed by atoms with E-state index in [0.29, 0.717) is 37.1 Å². The number of nitrogens with zero attached hydrogens (tertiary/aromatic N) is 2. The summed E-state index contributed by atoms with van der Waals surface area (Å²) in [5, 5.41) is 2.81. The Hall–Kier alpha value is -3.48. The van der Waals surface area contributed by atoms with Crippen molar-refractivity contribution in [3.05, 3.63) is 71.3 Å². The van der Waals surface area contributed by atoms with Gasteiger partial charge in [0.15, 0.2) is 0 Å². The molecular weight excluding hydrogens is 406 g/mol. The van der Waals surface area contributed by atoms with Crippen LogP contribution in [0.1, 0.15) is 59.4 Å². The number of likely N-dealkylation sites (N-methyl/N-ethyl adjacent to an activating group) is 1. The smallest absolute Gasteiger partial charge is 0.261 e. The summed E-state index contributed by atoms with van der Waals surface area (Å²) >= 11 is 0. The molecule has 0 unspecified atom stereocenters. The molecule has 2 aromatic carbocycles. The van der Waals surface area contributed by atoms with E-state index in [-0.39, 0.29) is 36.6 Å². The van der Waals surface area contributed by atoms with E-state index < -0.39 is 6.04 Å². The minimum absolute atomic E-state index is 0.135. The van der Waals surface area contributed by atoms with E-state index in [2.05, 4.69) is 5.32 Å². The Bertz CT molecular complexity index is 955. The Morgan fingerprint density at radius 2 is 1.53 bits per heavy atom. The fourth-order valence-corrected chi connectivity index (χ4v) is 3.97. The highest BCUT2D eigenvalue weighted by Crippen LogP contribution is 2.23. The summed E-state index contributed by atoms with van der Waals surface area (Å²) in [6, 6.07) is 15.7. The van der Waals surface area contributed by atoms with Crippen molar-refractivity contribution in [2.24, 2.45) is 0 Å². The molecule has 0 aromatic heterocycles. The number of amides is 4. The molecule has 7 heteroatoms. The highest BCUT2D eigenvalue weighted by molar-refractivity contribution is 6.21. The molecule has 4 amide bonds. The van der Waals surface area contributed by atoms with Crippen LogP contribution in [0.5, 0.6) is 0 Å². The molecule has 0 saturated heterocycles. The molecule has 0 bridgehead atoms. The van der Waals surface area contributed by atoms with Crippen molar-refractivity contribution in [1.29, 1.82) is 0 Å². The van der Waals surface area contributed by atoms with Gasteiger partial charge in [-0.05, 0) is 37.5 Å². The van der Waals surface area contributed by atoms with Crippen molar-refractivity contribution < 1.29 is 19.2 Å². The molecule has 0 aliphatic carbocycles. The number of hydrogen-bond donors (Lipinski definition) is 1. The molecule has 168 valence electrons. The van der Waals surface area contributed by atoms with E-state index in [9.17, 15) is 19.2 Å². The van der Waals surface area contributed by atoms with Gasteiger partial charge in [-0.2, -0.15) is 0 Å². The first kappa shape index (κ1) is 23.2. The molecule has 32 heavy (non-hydrogen) atoms. The van der Waals surface area contributed by atoms with Crippen LogP contribution in [-0.2, 0) is 16.1 Å². The standard InChI is InChI=1S/C25H29N3O4/c1-3-21(23(30)26-4-2)28(17-18-11-6-5-7-12-18)22(29)15-10-16-27-24(31)19-13-8-9-14-20(19)25(27)32/h5-9,11-14,21H,3-4,10,15-17H2,1-2H3,(H,26,30)/t21-/m1/s1. The van der Waals surface area contributed by atoms with E-state index in [4.69, 9.17) is 0 Å². The van der Waals surface area contributed by atoms with Crippen LogP contribution < -0.4 is 5.32 Å². The van der Waals surface area contributed by atoms with Gasteiger partial charge in [0.1, 0.15) is 6.04 Å². The van der Waals surface area contributed by atoms with Gasteiger partial charge in [-0.3, -0.25) is 24.1 Å². The lowest BCUT2D eigenvalue weighted by Crippen LogP contribution is -2.49. The van der Waals surface area contributed by atoms with Gasteiger partial charge in [-0.15, -0.1) is 0 Å². The van der Waals surface area contributed by atoms with Gasteiger partial charge in [0.2, 0.25) is 11.8 Å². The third-order valence-corrected chi connectivity index (χ3v) is 5.58. The van der Waals surface area contributed by atoms with E-state index >= 15 is 0 Å². The Labute approximate surface area is 188 Å². The van der Waals surface area contributed by atoms with Gasteiger partial charge in [0.05, 0.1) is 11.1 Å². The minimum Gasteiger partial charge on any atom is -0.355 e. The van der Waals surface area contributed by atoms with Crippen molar-refractivity contribution in [1.82, 2.24) is 15.1 Å². The van der Waals surface area contributed by atoms with Crippen LogP contribution in [0.15, 0.2) is 54.6 Å². The Kier molecular flexibility index (Phi) is 7.76. The Morgan fingerprint density at radius 3 is 2.09 bits per heavy atom. The maximum atomic E-state index is 13.2. The molecule has 0 saturated carbocycles. The monoisotopic (exact) mass is 435 g/mol. The van der Waals surface area contributed by atoms with Gasteiger partial charge in [-0.25, -0.2) is 0 Å². The van der Waals surface area contributed by atoms with Gasteiger partial charge in [0, 0.05) is 26.1 Å². The molecule has 0 fully saturated rings. The summed E-state index contributed by atoms with van der Waals surface area (Å²) in [5.74, 6) is -1.01. The normalized spacial score (nSPS) is 13.6. The molecule has 3 rings (SSSR count). The third kappa shape index (κ3) is 5.04. The minimum atomic E-state index is -0.582. The zero-order valence-electron chi connectivity index (χ0n) is 18.5. The molecule has 1 N–H and O–H groups in total. The van der Waals surface area contributed by atoms with Crippen LogP contribution in [0.3, 0.4) is 0 Å². The maximum absolute atomic E-state index is 13.2. The van der Waals surface area contributed by atoms with Gasteiger partial charge in [-0.1, -0.05) is 49.4 Å². The van der Waals surface area contributed by atoms with Crippen LogP contribution in [0.4, 0.5) is 0 Å². The van der Waals surface area contributed by atoms with Crippen molar-refractivity contribution >= 4 is 23.6 Å². The number of carbonyl (C=O) groups is 4. The Balaban J connectivity index is 1.67. The summed E-state index contributed by atoms with van der Waals surface area (Å²) in [6.45, 7) is 4.69. The van der Waals surface area contributed by atoms with Crippen molar-refractivity contribution in [3.8, 4) is 0 Å². The average molecular weight is 436 g/mol. The highest BCUT2D eigenvalue weighted by atomic mass is 16.2.